The maximum atomic E-state index is 13.3. The number of hydrogen-bond acceptors (Lipinski definition) is 3. The van der Waals surface area contributed by atoms with E-state index in [4.69, 9.17) is 0 Å². The van der Waals surface area contributed by atoms with Crippen molar-refractivity contribution < 1.29 is 14.4 Å². The van der Waals surface area contributed by atoms with Crippen molar-refractivity contribution in [2.75, 3.05) is 6.54 Å². The van der Waals surface area contributed by atoms with Gasteiger partial charge in [-0.25, -0.2) is 0 Å². The molecule has 0 heterocycles. The van der Waals surface area contributed by atoms with E-state index in [0.29, 0.717) is 17.5 Å². The molecule has 0 saturated carbocycles. The summed E-state index contributed by atoms with van der Waals surface area (Å²) < 4.78 is 0. The Bertz CT molecular complexity index is 1440. The molecule has 0 radical (unpaired) electrons. The second-order valence-electron chi connectivity index (χ2n) is 9.21. The smallest absolute Gasteiger partial charge is 0.252 e. The maximum absolute atomic E-state index is 13.3. The number of hydrogen-bond donors (Lipinski definition) is 2. The van der Waals surface area contributed by atoms with Crippen molar-refractivity contribution >= 4 is 40.5 Å². The van der Waals surface area contributed by atoms with Gasteiger partial charge in [-0.1, -0.05) is 105 Å². The molecule has 192 valence electrons. The molecule has 0 aliphatic heterocycles. The monoisotopic (exact) mass is 504 g/mol. The van der Waals surface area contributed by atoms with Crippen LogP contribution >= 0.6 is 0 Å². The van der Waals surface area contributed by atoms with Crippen LogP contribution in [0.1, 0.15) is 58.0 Å². The number of nitrogens with one attached hydrogen (secondary N) is 2. The summed E-state index contributed by atoms with van der Waals surface area (Å²) in [4.78, 5) is 38.7. The van der Waals surface area contributed by atoms with E-state index >= 15 is 0 Å². The quantitative estimate of drug-likeness (QED) is 0.236. The molecule has 1 atom stereocenters. The van der Waals surface area contributed by atoms with Gasteiger partial charge in [-0.2, -0.15) is 0 Å². The average molecular weight is 505 g/mol. The highest BCUT2D eigenvalue weighted by molar-refractivity contribution is 6.02. The molecule has 0 aliphatic rings. The van der Waals surface area contributed by atoms with Crippen LogP contribution in [0.25, 0.3) is 22.9 Å². The van der Waals surface area contributed by atoms with E-state index in [-0.39, 0.29) is 24.1 Å². The minimum Gasteiger partial charge on any atom is -0.345 e. The second-order valence-corrected chi connectivity index (χ2v) is 9.21. The molecule has 0 saturated heterocycles. The fourth-order valence-electron chi connectivity index (χ4n) is 4.29. The van der Waals surface area contributed by atoms with Crippen LogP contribution in [0.15, 0.2) is 97.1 Å². The van der Waals surface area contributed by atoms with Gasteiger partial charge in [0.05, 0.1) is 12.6 Å². The molecule has 2 amide bonds. The molecule has 5 nitrogen and oxygen atoms in total. The Kier molecular flexibility index (Phi) is 9.19. The van der Waals surface area contributed by atoms with E-state index in [9.17, 15) is 14.4 Å². The Balaban J connectivity index is 1.45. The highest BCUT2D eigenvalue weighted by Crippen LogP contribution is 2.19. The van der Waals surface area contributed by atoms with Gasteiger partial charge >= 0.3 is 0 Å². The van der Waals surface area contributed by atoms with Gasteiger partial charge in [0.1, 0.15) is 0 Å². The zero-order valence-corrected chi connectivity index (χ0v) is 21.5. The molecule has 4 aromatic carbocycles. The van der Waals surface area contributed by atoms with Crippen LogP contribution in [0.5, 0.6) is 0 Å². The molecule has 0 bridgehead atoms. The summed E-state index contributed by atoms with van der Waals surface area (Å²) >= 11 is 0. The third kappa shape index (κ3) is 7.04. The van der Waals surface area contributed by atoms with E-state index in [1.54, 1.807) is 30.3 Å². The minimum absolute atomic E-state index is 0.147. The first kappa shape index (κ1) is 26.6. The lowest BCUT2D eigenvalue weighted by Gasteiger charge is -2.18. The van der Waals surface area contributed by atoms with Gasteiger partial charge in [0.15, 0.2) is 5.78 Å². The number of carbonyl (C=O) groups excluding carboxylic acids is 3. The van der Waals surface area contributed by atoms with Crippen LogP contribution in [0.4, 0.5) is 0 Å². The van der Waals surface area contributed by atoms with Gasteiger partial charge in [-0.05, 0) is 52.6 Å². The Labute approximate surface area is 223 Å². The van der Waals surface area contributed by atoms with Crippen molar-refractivity contribution in [2.24, 2.45) is 0 Å². The summed E-state index contributed by atoms with van der Waals surface area (Å²) in [6.07, 6.45) is 6.09. The van der Waals surface area contributed by atoms with Crippen LogP contribution in [0, 0.1) is 0 Å². The van der Waals surface area contributed by atoms with Crippen molar-refractivity contribution in [1.82, 2.24) is 10.6 Å². The number of unbranched alkanes of at least 4 members (excludes halogenated alkanes) is 1. The fraction of sp³-hybridized carbons (Fsp3) is 0.182. The van der Waals surface area contributed by atoms with Crippen LogP contribution in [-0.4, -0.2) is 30.2 Å². The molecule has 0 aromatic heterocycles. The van der Waals surface area contributed by atoms with E-state index < -0.39 is 6.04 Å². The highest BCUT2D eigenvalue weighted by Gasteiger charge is 2.22. The minimum atomic E-state index is -0.684. The zero-order chi connectivity index (χ0) is 26.7. The number of ketones is 1. The van der Waals surface area contributed by atoms with Gasteiger partial charge < -0.3 is 10.6 Å². The van der Waals surface area contributed by atoms with E-state index in [0.717, 1.165) is 29.4 Å². The predicted molar refractivity (Wildman–Crippen MR) is 154 cm³/mol. The molecule has 0 fully saturated rings. The number of Topliss-reactive ketones (excluding diaryl/α,β-unsaturated/α-hetero) is 1. The maximum Gasteiger partial charge on any atom is 0.252 e. The number of carbonyl (C=O) groups is 3. The zero-order valence-electron chi connectivity index (χ0n) is 21.5. The molecule has 38 heavy (non-hydrogen) atoms. The fourth-order valence-corrected chi connectivity index (χ4v) is 4.29. The third-order valence-corrected chi connectivity index (χ3v) is 6.43. The molecule has 5 heteroatoms. The van der Waals surface area contributed by atoms with Gasteiger partial charge in [-0.3, -0.25) is 14.4 Å². The summed E-state index contributed by atoms with van der Waals surface area (Å²) in [5.41, 5.74) is 2.77. The molecule has 4 rings (SSSR count). The van der Waals surface area contributed by atoms with Crippen LogP contribution < -0.4 is 10.6 Å². The normalized spacial score (nSPS) is 11.8. The van der Waals surface area contributed by atoms with Crippen molar-refractivity contribution in [2.45, 2.75) is 32.2 Å². The Morgan fingerprint density at radius 1 is 0.763 bits per heavy atom. The lowest BCUT2D eigenvalue weighted by molar-refractivity contribution is -0.120. The van der Waals surface area contributed by atoms with Gasteiger partial charge in [-0.15, -0.1) is 0 Å². The average Bonchev–Trinajstić information content (AvgIpc) is 2.97. The van der Waals surface area contributed by atoms with Crippen molar-refractivity contribution in [3.8, 4) is 0 Å². The van der Waals surface area contributed by atoms with Crippen LogP contribution in [0.3, 0.4) is 0 Å². The summed E-state index contributed by atoms with van der Waals surface area (Å²) in [5, 5.41) is 7.92. The van der Waals surface area contributed by atoms with E-state index in [1.165, 1.54) is 5.39 Å². The topological polar surface area (TPSA) is 75.3 Å². The number of amides is 2. The molecule has 4 aromatic rings. The first-order valence-corrected chi connectivity index (χ1v) is 13.0. The van der Waals surface area contributed by atoms with Crippen LogP contribution in [0.2, 0.25) is 0 Å². The first-order valence-electron chi connectivity index (χ1n) is 13.0. The SMILES string of the molecule is CCCCC(NC(=O)c1ccccc1C=Cc1ccc2ccccc2c1)C(=O)CNC(=O)c1ccccc1. The summed E-state index contributed by atoms with van der Waals surface area (Å²) in [5.74, 6) is -0.850. The molecule has 0 spiro atoms. The molecule has 0 aliphatic carbocycles. The summed E-state index contributed by atoms with van der Waals surface area (Å²) in [7, 11) is 0. The van der Waals surface area contributed by atoms with Gasteiger partial charge in [0, 0.05) is 11.1 Å². The Morgan fingerprint density at radius 3 is 2.26 bits per heavy atom. The van der Waals surface area contributed by atoms with Crippen LogP contribution in [-0.2, 0) is 4.79 Å². The first-order chi connectivity index (χ1) is 18.5. The van der Waals surface area contributed by atoms with Crippen molar-refractivity contribution in [3.63, 3.8) is 0 Å². The summed E-state index contributed by atoms with van der Waals surface area (Å²) in [6, 6.07) is 29.8. The van der Waals surface area contributed by atoms with E-state index in [1.807, 2.05) is 61.5 Å². The number of fused-ring (bicyclic) bond motifs is 1. The van der Waals surface area contributed by atoms with E-state index in [2.05, 4.69) is 34.9 Å². The molecule has 1 unspecified atom stereocenters. The standard InChI is InChI=1S/C33H32N2O3/c1-2-3-17-30(31(36)23-34-32(37)27-13-5-4-6-14-27)35-33(38)29-16-10-9-12-26(29)21-19-24-18-20-25-11-7-8-15-28(25)22-24/h4-16,18-22,30H,2-3,17,23H2,1H3,(H,34,37)(H,35,38). The highest BCUT2D eigenvalue weighted by atomic mass is 16.2. The molecular formula is C33H32N2O3. The number of benzene rings is 4. The van der Waals surface area contributed by atoms with Crippen molar-refractivity contribution in [1.29, 1.82) is 0 Å². The molecule has 2 N–H and O–H groups in total. The third-order valence-electron chi connectivity index (χ3n) is 6.43. The molecular weight excluding hydrogens is 472 g/mol. The Hall–Kier alpha value is -4.51. The summed E-state index contributed by atoms with van der Waals surface area (Å²) in [6.45, 7) is 1.89. The number of rotatable bonds is 11. The predicted octanol–water partition coefficient (Wildman–Crippen LogP) is 6.30. The van der Waals surface area contributed by atoms with Crippen molar-refractivity contribution in [3.05, 3.63) is 119 Å². The Morgan fingerprint density at radius 2 is 1.47 bits per heavy atom. The lowest BCUT2D eigenvalue weighted by atomic mass is 10.0. The largest absolute Gasteiger partial charge is 0.345 e. The van der Waals surface area contributed by atoms with Gasteiger partial charge in [0.25, 0.3) is 11.8 Å². The van der Waals surface area contributed by atoms with Gasteiger partial charge in [0.2, 0.25) is 0 Å². The second kappa shape index (κ2) is 13.2. The lowest BCUT2D eigenvalue weighted by Crippen LogP contribution is -2.45.